The Morgan fingerprint density at radius 3 is 2.85 bits per heavy atom. The molecule has 1 aromatic rings. The molecule has 0 spiro atoms. The Balaban J connectivity index is 3.13. The summed E-state index contributed by atoms with van der Waals surface area (Å²) in [6.07, 6.45) is 0.946. The number of nitriles is 1. The van der Waals surface area contributed by atoms with Gasteiger partial charge in [-0.15, -0.1) is 0 Å². The summed E-state index contributed by atoms with van der Waals surface area (Å²) in [5.41, 5.74) is 8.21. The first-order valence-electron chi connectivity index (χ1n) is 4.06. The average molecular weight is 170 g/mol. The van der Waals surface area contributed by atoms with Crippen LogP contribution in [0.15, 0.2) is 18.2 Å². The van der Waals surface area contributed by atoms with Crippen LogP contribution in [0.4, 0.5) is 5.69 Å². The van der Waals surface area contributed by atoms with Gasteiger partial charge in [0.25, 0.3) is 0 Å². The minimum Gasteiger partial charge on any atom is -0.398 e. The average Bonchev–Trinajstić information content (AvgIpc) is 2.17. The molecule has 13 heavy (non-hydrogen) atoms. The number of hydrogen-bond donors (Lipinski definition) is 1. The van der Waals surface area contributed by atoms with Gasteiger partial charge in [0.1, 0.15) is 0 Å². The summed E-state index contributed by atoms with van der Waals surface area (Å²) in [5, 5.41) is 8.28. The van der Waals surface area contributed by atoms with Crippen LogP contribution in [-0.4, -0.2) is 0 Å². The van der Waals surface area contributed by atoms with Crippen molar-refractivity contribution < 1.29 is 0 Å². The van der Waals surface area contributed by atoms with Gasteiger partial charge in [0.05, 0.1) is 0 Å². The number of nitrogen functional groups attached to an aromatic ring is 1. The Bertz CT molecular complexity index is 402. The Kier molecular flexibility index (Phi) is 2.95. The Hall–Kier alpha value is -1.93. The van der Waals surface area contributed by atoms with E-state index in [1.807, 2.05) is 18.2 Å². The summed E-state index contributed by atoms with van der Waals surface area (Å²) in [5.74, 6) is 5.03. The Labute approximate surface area is 78.0 Å². The van der Waals surface area contributed by atoms with Gasteiger partial charge in [-0.2, -0.15) is 5.26 Å². The van der Waals surface area contributed by atoms with Gasteiger partial charge in [0.15, 0.2) is 6.07 Å². The molecule has 0 amide bonds. The molecule has 0 heterocycles. The molecule has 0 fully saturated rings. The monoisotopic (exact) mass is 170 g/mol. The fourth-order valence-electron chi connectivity index (χ4n) is 1.03. The summed E-state index contributed by atoms with van der Waals surface area (Å²) in [6, 6.07) is 7.47. The molecule has 0 aliphatic heterocycles. The van der Waals surface area contributed by atoms with Gasteiger partial charge in [-0.3, -0.25) is 0 Å². The van der Waals surface area contributed by atoms with Gasteiger partial charge in [-0.1, -0.05) is 13.0 Å². The van der Waals surface area contributed by atoms with Crippen molar-refractivity contribution in [2.75, 3.05) is 5.73 Å². The highest BCUT2D eigenvalue weighted by atomic mass is 14.5. The van der Waals surface area contributed by atoms with Crippen LogP contribution in [0.1, 0.15) is 18.1 Å². The summed E-state index contributed by atoms with van der Waals surface area (Å²) < 4.78 is 0. The van der Waals surface area contributed by atoms with E-state index in [1.165, 1.54) is 5.56 Å². The maximum absolute atomic E-state index is 8.28. The smallest absolute Gasteiger partial charge is 0.152 e. The topological polar surface area (TPSA) is 49.8 Å². The summed E-state index contributed by atoms with van der Waals surface area (Å²) in [6.45, 7) is 2.06. The zero-order chi connectivity index (χ0) is 9.68. The minimum atomic E-state index is 0.625. The van der Waals surface area contributed by atoms with Crippen molar-refractivity contribution in [2.45, 2.75) is 13.3 Å². The Morgan fingerprint density at radius 2 is 2.23 bits per heavy atom. The minimum absolute atomic E-state index is 0.625. The van der Waals surface area contributed by atoms with Crippen LogP contribution in [0, 0.1) is 23.2 Å². The fourth-order valence-corrected chi connectivity index (χ4v) is 1.03. The molecule has 0 bridgehead atoms. The molecule has 64 valence electrons. The molecule has 1 rings (SSSR count). The van der Waals surface area contributed by atoms with Gasteiger partial charge < -0.3 is 5.73 Å². The SMILES string of the molecule is CCc1ccc(N)c(C#CC#N)c1. The number of aryl methyl sites for hydroxylation is 1. The highest BCUT2D eigenvalue weighted by Gasteiger charge is 1.96. The van der Waals surface area contributed by atoms with E-state index in [2.05, 4.69) is 18.8 Å². The summed E-state index contributed by atoms with van der Waals surface area (Å²) in [4.78, 5) is 0. The lowest BCUT2D eigenvalue weighted by Crippen LogP contribution is -1.91. The molecule has 2 N–H and O–H groups in total. The Morgan fingerprint density at radius 1 is 1.46 bits per heavy atom. The molecule has 0 saturated heterocycles. The highest BCUT2D eigenvalue weighted by Crippen LogP contribution is 2.13. The van der Waals surface area contributed by atoms with Crippen LogP contribution < -0.4 is 5.73 Å². The maximum atomic E-state index is 8.28. The molecule has 0 aliphatic rings. The van der Waals surface area contributed by atoms with Gasteiger partial charge in [-0.25, -0.2) is 0 Å². The lowest BCUT2D eigenvalue weighted by atomic mass is 10.1. The van der Waals surface area contributed by atoms with E-state index in [1.54, 1.807) is 6.07 Å². The molecular weight excluding hydrogens is 160 g/mol. The molecule has 0 atom stereocenters. The van der Waals surface area contributed by atoms with Crippen molar-refractivity contribution in [3.05, 3.63) is 29.3 Å². The lowest BCUT2D eigenvalue weighted by molar-refractivity contribution is 1.14. The van der Waals surface area contributed by atoms with Crippen LogP contribution in [0.2, 0.25) is 0 Å². The third-order valence-corrected chi connectivity index (χ3v) is 1.78. The van der Waals surface area contributed by atoms with Crippen LogP contribution in [0.5, 0.6) is 0 Å². The standard InChI is InChI=1S/C11H10N2/c1-2-9-5-6-11(13)10(8-9)4-3-7-12/h5-6,8H,2,13H2,1H3. The number of rotatable bonds is 1. The first kappa shape index (κ1) is 9.16. The number of benzene rings is 1. The van der Waals surface area contributed by atoms with Crippen molar-refractivity contribution in [2.24, 2.45) is 0 Å². The van der Waals surface area contributed by atoms with Gasteiger partial charge in [-0.05, 0) is 30.0 Å². The summed E-state index contributed by atoms with van der Waals surface area (Å²) >= 11 is 0. The largest absolute Gasteiger partial charge is 0.398 e. The molecule has 0 saturated carbocycles. The first-order valence-corrected chi connectivity index (χ1v) is 4.06. The molecule has 2 heteroatoms. The van der Waals surface area contributed by atoms with Crippen molar-refractivity contribution in [1.82, 2.24) is 0 Å². The van der Waals surface area contributed by atoms with E-state index in [9.17, 15) is 0 Å². The number of nitrogens with two attached hydrogens (primary N) is 1. The normalized spacial score (nSPS) is 8.31. The second-order valence-electron chi connectivity index (χ2n) is 2.64. The van der Waals surface area contributed by atoms with Gasteiger partial charge in [0, 0.05) is 17.2 Å². The van der Waals surface area contributed by atoms with Crippen molar-refractivity contribution in [3.63, 3.8) is 0 Å². The molecule has 0 aromatic heterocycles. The zero-order valence-electron chi connectivity index (χ0n) is 7.46. The number of anilines is 1. The number of hydrogen-bond acceptors (Lipinski definition) is 2. The van der Waals surface area contributed by atoms with Crippen LogP contribution >= 0.6 is 0 Å². The van der Waals surface area contributed by atoms with Gasteiger partial charge in [0.2, 0.25) is 0 Å². The van der Waals surface area contributed by atoms with E-state index in [-0.39, 0.29) is 0 Å². The quantitative estimate of drug-likeness (QED) is 0.515. The van der Waals surface area contributed by atoms with Crippen LogP contribution in [0.3, 0.4) is 0 Å². The van der Waals surface area contributed by atoms with E-state index < -0.39 is 0 Å². The highest BCUT2D eigenvalue weighted by molar-refractivity contribution is 5.57. The van der Waals surface area contributed by atoms with E-state index in [0.717, 1.165) is 12.0 Å². The third-order valence-electron chi connectivity index (χ3n) is 1.78. The lowest BCUT2D eigenvalue weighted by Gasteiger charge is -2.00. The molecule has 0 radical (unpaired) electrons. The second kappa shape index (κ2) is 4.18. The predicted molar refractivity (Wildman–Crippen MR) is 52.7 cm³/mol. The van der Waals surface area contributed by atoms with E-state index in [4.69, 9.17) is 11.0 Å². The molecule has 0 unspecified atom stereocenters. The van der Waals surface area contributed by atoms with Crippen molar-refractivity contribution >= 4 is 5.69 Å². The fraction of sp³-hybridized carbons (Fsp3) is 0.182. The van der Waals surface area contributed by atoms with Crippen molar-refractivity contribution in [3.8, 4) is 17.9 Å². The molecule has 0 aliphatic carbocycles. The first-order chi connectivity index (χ1) is 6.27. The van der Waals surface area contributed by atoms with Crippen LogP contribution in [0.25, 0.3) is 0 Å². The van der Waals surface area contributed by atoms with Crippen molar-refractivity contribution in [1.29, 1.82) is 5.26 Å². The molecular formula is C11H10N2. The molecule has 1 aromatic carbocycles. The third kappa shape index (κ3) is 2.25. The predicted octanol–water partition coefficient (Wildman–Crippen LogP) is 1.71. The molecule has 2 nitrogen and oxygen atoms in total. The van der Waals surface area contributed by atoms with E-state index in [0.29, 0.717) is 5.69 Å². The van der Waals surface area contributed by atoms with Crippen LogP contribution in [-0.2, 0) is 6.42 Å². The van der Waals surface area contributed by atoms with E-state index >= 15 is 0 Å². The zero-order valence-corrected chi connectivity index (χ0v) is 7.46. The number of nitrogens with zero attached hydrogens (tertiary/aromatic N) is 1. The second-order valence-corrected chi connectivity index (χ2v) is 2.64. The maximum Gasteiger partial charge on any atom is 0.152 e. The summed E-state index contributed by atoms with van der Waals surface area (Å²) in [7, 11) is 0. The van der Waals surface area contributed by atoms with Gasteiger partial charge >= 0.3 is 0 Å².